The average molecular weight is 296 g/mol. The van der Waals surface area contributed by atoms with E-state index >= 15 is 0 Å². The van der Waals surface area contributed by atoms with Gasteiger partial charge < -0.3 is 4.74 Å². The van der Waals surface area contributed by atoms with E-state index < -0.39 is 12.1 Å². The Morgan fingerprint density at radius 3 is 2.75 bits per heavy atom. The largest absolute Gasteiger partial charge is 0.444 e. The van der Waals surface area contributed by atoms with Crippen LogP contribution in [-0.2, 0) is 16.1 Å². The predicted octanol–water partition coefficient (Wildman–Crippen LogP) is 2.97. The van der Waals surface area contributed by atoms with Gasteiger partial charge in [0, 0.05) is 18.2 Å². The van der Waals surface area contributed by atoms with Gasteiger partial charge in [-0.1, -0.05) is 25.4 Å². The summed E-state index contributed by atoms with van der Waals surface area (Å²) in [6, 6.07) is 1.82. The van der Waals surface area contributed by atoms with E-state index in [1.807, 2.05) is 13.0 Å². The van der Waals surface area contributed by atoms with Gasteiger partial charge in [-0.05, 0) is 25.8 Å². The van der Waals surface area contributed by atoms with Crippen LogP contribution in [0.5, 0.6) is 0 Å². The lowest BCUT2D eigenvalue weighted by Gasteiger charge is -2.05. The Morgan fingerprint density at radius 2 is 2.20 bits per heavy atom. The zero-order valence-electron chi connectivity index (χ0n) is 12.1. The minimum atomic E-state index is -0.771. The zero-order valence-corrected chi connectivity index (χ0v) is 12.8. The average Bonchev–Trinajstić information content (AvgIpc) is 2.61. The first-order valence-corrected chi connectivity index (χ1v) is 6.74. The van der Waals surface area contributed by atoms with Crippen LogP contribution < -0.4 is 0 Å². The van der Waals surface area contributed by atoms with Crippen molar-refractivity contribution in [1.29, 1.82) is 5.26 Å². The summed E-state index contributed by atoms with van der Waals surface area (Å²) in [5.74, 6) is -0.156. The summed E-state index contributed by atoms with van der Waals surface area (Å²) in [6.07, 6.45) is 2.05. The van der Waals surface area contributed by atoms with E-state index in [0.29, 0.717) is 23.2 Å². The maximum atomic E-state index is 11.5. The normalized spacial score (nSPS) is 12.7. The summed E-state index contributed by atoms with van der Waals surface area (Å²) in [5, 5.41) is 13.4. The zero-order chi connectivity index (χ0) is 15.3. The standard InChI is InChI=1S/C14H18ClN3O2/c1-9(2)8-18-14(15)12(11(4)17-18)5-6-13(19)20-10(3)7-16/h5-6,9-10H,8H2,1-4H3/b6-5+/t10-/m0/s1. The van der Waals surface area contributed by atoms with Gasteiger partial charge in [0.1, 0.15) is 11.2 Å². The van der Waals surface area contributed by atoms with Gasteiger partial charge in [-0.2, -0.15) is 10.4 Å². The first kappa shape index (κ1) is 16.3. The Bertz CT molecular complexity index is 556. The molecule has 0 aliphatic rings. The number of carbonyl (C=O) groups is 1. The van der Waals surface area contributed by atoms with E-state index in [1.54, 1.807) is 10.8 Å². The third kappa shape index (κ3) is 4.39. The molecule has 0 saturated carbocycles. The molecular formula is C14H18ClN3O2. The van der Waals surface area contributed by atoms with E-state index in [4.69, 9.17) is 21.6 Å². The van der Waals surface area contributed by atoms with Crippen LogP contribution in [0.15, 0.2) is 6.08 Å². The molecule has 0 N–H and O–H groups in total. The number of nitriles is 1. The first-order chi connectivity index (χ1) is 9.35. The molecule has 0 unspecified atom stereocenters. The van der Waals surface area contributed by atoms with Crippen molar-refractivity contribution in [3.05, 3.63) is 22.5 Å². The molecule has 1 aromatic heterocycles. The molecule has 0 spiro atoms. The Labute approximate surface area is 123 Å². The topological polar surface area (TPSA) is 67.9 Å². The molecule has 1 heterocycles. The van der Waals surface area contributed by atoms with Gasteiger partial charge in [-0.25, -0.2) is 4.79 Å². The minimum absolute atomic E-state index is 0.421. The van der Waals surface area contributed by atoms with Crippen LogP contribution in [0.25, 0.3) is 6.08 Å². The molecule has 0 aliphatic carbocycles. The van der Waals surface area contributed by atoms with Crippen LogP contribution in [0, 0.1) is 24.2 Å². The van der Waals surface area contributed by atoms with E-state index in [1.165, 1.54) is 13.0 Å². The smallest absolute Gasteiger partial charge is 0.332 e. The first-order valence-electron chi connectivity index (χ1n) is 6.36. The second-order valence-corrected chi connectivity index (χ2v) is 5.27. The van der Waals surface area contributed by atoms with E-state index in [9.17, 15) is 4.79 Å². The Hall–Kier alpha value is -1.80. The highest BCUT2D eigenvalue weighted by Crippen LogP contribution is 2.22. The number of hydrogen-bond acceptors (Lipinski definition) is 4. The van der Waals surface area contributed by atoms with Crippen LogP contribution in [0.4, 0.5) is 0 Å². The number of aryl methyl sites for hydroxylation is 1. The third-order valence-electron chi connectivity index (χ3n) is 2.51. The van der Waals surface area contributed by atoms with E-state index in [0.717, 1.165) is 5.69 Å². The Morgan fingerprint density at radius 1 is 1.55 bits per heavy atom. The number of esters is 1. The molecule has 1 atom stereocenters. The van der Waals surface area contributed by atoms with Gasteiger partial charge in [0.05, 0.1) is 5.69 Å². The van der Waals surface area contributed by atoms with Crippen LogP contribution in [0.3, 0.4) is 0 Å². The van der Waals surface area contributed by atoms with Crippen molar-refractivity contribution in [2.75, 3.05) is 0 Å². The second kappa shape index (κ2) is 7.11. The number of aromatic nitrogens is 2. The molecule has 0 aliphatic heterocycles. The highest BCUT2D eigenvalue weighted by atomic mass is 35.5. The Kier molecular flexibility index (Phi) is 5.78. The summed E-state index contributed by atoms with van der Waals surface area (Å²) in [4.78, 5) is 11.5. The molecule has 0 saturated heterocycles. The fourth-order valence-corrected chi connectivity index (χ4v) is 1.92. The lowest BCUT2D eigenvalue weighted by atomic mass is 10.2. The van der Waals surface area contributed by atoms with Crippen molar-refractivity contribution in [2.24, 2.45) is 5.92 Å². The molecule has 5 nitrogen and oxygen atoms in total. The van der Waals surface area contributed by atoms with E-state index in [-0.39, 0.29) is 0 Å². The highest BCUT2D eigenvalue weighted by molar-refractivity contribution is 6.31. The molecule has 6 heteroatoms. The van der Waals surface area contributed by atoms with Crippen molar-refractivity contribution in [2.45, 2.75) is 40.3 Å². The van der Waals surface area contributed by atoms with Crippen molar-refractivity contribution >= 4 is 23.6 Å². The fourth-order valence-electron chi connectivity index (χ4n) is 1.61. The van der Waals surface area contributed by atoms with E-state index in [2.05, 4.69) is 18.9 Å². The van der Waals surface area contributed by atoms with Crippen LogP contribution in [-0.4, -0.2) is 21.9 Å². The van der Waals surface area contributed by atoms with Crippen LogP contribution in [0.1, 0.15) is 32.0 Å². The van der Waals surface area contributed by atoms with Gasteiger partial charge >= 0.3 is 5.97 Å². The number of carbonyl (C=O) groups excluding carboxylic acids is 1. The van der Waals surface area contributed by atoms with Gasteiger partial charge in [0.25, 0.3) is 0 Å². The molecule has 0 aromatic carbocycles. The molecule has 0 amide bonds. The minimum Gasteiger partial charge on any atom is -0.444 e. The second-order valence-electron chi connectivity index (χ2n) is 4.91. The maximum absolute atomic E-state index is 11.5. The van der Waals surface area contributed by atoms with Gasteiger partial charge in [0.2, 0.25) is 0 Å². The molecule has 0 radical (unpaired) electrons. The molecule has 0 bridgehead atoms. The lowest BCUT2D eigenvalue weighted by molar-refractivity contribution is -0.139. The molecule has 20 heavy (non-hydrogen) atoms. The van der Waals surface area contributed by atoms with Gasteiger partial charge in [-0.15, -0.1) is 0 Å². The van der Waals surface area contributed by atoms with Crippen molar-refractivity contribution < 1.29 is 9.53 Å². The van der Waals surface area contributed by atoms with Crippen molar-refractivity contribution in [1.82, 2.24) is 9.78 Å². The molecule has 1 rings (SSSR count). The summed E-state index contributed by atoms with van der Waals surface area (Å²) in [5.41, 5.74) is 1.43. The summed E-state index contributed by atoms with van der Waals surface area (Å²) >= 11 is 6.23. The van der Waals surface area contributed by atoms with Gasteiger partial charge in [0.15, 0.2) is 6.10 Å². The number of rotatable bonds is 5. The maximum Gasteiger partial charge on any atom is 0.332 e. The third-order valence-corrected chi connectivity index (χ3v) is 2.91. The summed E-state index contributed by atoms with van der Waals surface area (Å²) in [6.45, 7) is 8.19. The molecule has 108 valence electrons. The van der Waals surface area contributed by atoms with Crippen LogP contribution >= 0.6 is 11.6 Å². The summed E-state index contributed by atoms with van der Waals surface area (Å²) < 4.78 is 6.53. The highest BCUT2D eigenvalue weighted by Gasteiger charge is 2.12. The quantitative estimate of drug-likeness (QED) is 0.618. The number of nitrogens with zero attached hydrogens (tertiary/aromatic N) is 3. The lowest BCUT2D eigenvalue weighted by Crippen LogP contribution is -2.10. The molecular weight excluding hydrogens is 278 g/mol. The SMILES string of the molecule is Cc1nn(CC(C)C)c(Cl)c1/C=C/C(=O)O[C@@H](C)C#N. The Balaban J connectivity index is 2.85. The summed E-state index contributed by atoms with van der Waals surface area (Å²) in [7, 11) is 0. The predicted molar refractivity (Wildman–Crippen MR) is 77.0 cm³/mol. The number of ether oxygens (including phenoxy) is 1. The molecule has 1 aromatic rings. The van der Waals surface area contributed by atoms with Crippen LogP contribution in [0.2, 0.25) is 5.15 Å². The number of halogens is 1. The monoisotopic (exact) mass is 295 g/mol. The molecule has 0 fully saturated rings. The van der Waals surface area contributed by atoms with Gasteiger partial charge in [-0.3, -0.25) is 4.68 Å². The number of hydrogen-bond donors (Lipinski definition) is 0. The van der Waals surface area contributed by atoms with Crippen molar-refractivity contribution in [3.63, 3.8) is 0 Å². The van der Waals surface area contributed by atoms with Crippen molar-refractivity contribution in [3.8, 4) is 6.07 Å². The fraction of sp³-hybridized carbons (Fsp3) is 0.500.